The smallest absolute Gasteiger partial charge is 0.260 e. The van der Waals surface area contributed by atoms with Gasteiger partial charge in [-0.1, -0.05) is 16.8 Å². The third-order valence-corrected chi connectivity index (χ3v) is 3.13. The van der Waals surface area contributed by atoms with Crippen molar-refractivity contribution in [1.82, 2.24) is 10.1 Å². The predicted octanol–water partition coefficient (Wildman–Crippen LogP) is 3.03. The molecule has 1 saturated heterocycles. The van der Waals surface area contributed by atoms with Crippen molar-refractivity contribution < 1.29 is 13.7 Å². The third-order valence-electron chi connectivity index (χ3n) is 2.90. The zero-order valence-corrected chi connectivity index (χ0v) is 10.2. The van der Waals surface area contributed by atoms with Crippen LogP contribution in [0.25, 0.3) is 11.5 Å². The van der Waals surface area contributed by atoms with Gasteiger partial charge in [0.15, 0.2) is 5.82 Å². The lowest BCUT2D eigenvalue weighted by Crippen LogP contribution is -1.99. The number of aromatic nitrogens is 2. The molecular formula is C12H10ClFN2O2. The molecule has 1 fully saturated rings. The summed E-state index contributed by atoms with van der Waals surface area (Å²) in [5.41, 5.74) is 0.222. The minimum atomic E-state index is -0.433. The number of ether oxygens (including phenoxy) is 1. The van der Waals surface area contributed by atoms with Crippen molar-refractivity contribution in [3.8, 4) is 11.5 Å². The fourth-order valence-electron chi connectivity index (χ4n) is 1.91. The molecule has 94 valence electrons. The van der Waals surface area contributed by atoms with E-state index in [4.69, 9.17) is 20.9 Å². The van der Waals surface area contributed by atoms with E-state index in [2.05, 4.69) is 10.1 Å². The largest absolute Gasteiger partial charge is 0.381 e. The van der Waals surface area contributed by atoms with Gasteiger partial charge in [-0.3, -0.25) is 0 Å². The Hall–Kier alpha value is -1.46. The summed E-state index contributed by atoms with van der Waals surface area (Å²) >= 11 is 5.82. The molecule has 1 aliphatic rings. The summed E-state index contributed by atoms with van der Waals surface area (Å²) in [6.07, 6.45) is 0.858. The Morgan fingerprint density at radius 1 is 1.39 bits per heavy atom. The van der Waals surface area contributed by atoms with E-state index >= 15 is 0 Å². The highest BCUT2D eigenvalue weighted by molar-refractivity contribution is 6.30. The molecule has 4 nitrogen and oxygen atoms in total. The molecule has 2 heterocycles. The number of hydrogen-bond donors (Lipinski definition) is 0. The van der Waals surface area contributed by atoms with Gasteiger partial charge < -0.3 is 9.26 Å². The van der Waals surface area contributed by atoms with E-state index in [0.29, 0.717) is 24.1 Å². The summed E-state index contributed by atoms with van der Waals surface area (Å²) in [6.45, 7) is 1.27. The molecule has 1 atom stereocenters. The average Bonchev–Trinajstić information content (AvgIpc) is 3.00. The molecule has 1 aromatic heterocycles. The minimum Gasteiger partial charge on any atom is -0.381 e. The third kappa shape index (κ3) is 2.11. The van der Waals surface area contributed by atoms with Gasteiger partial charge >= 0.3 is 0 Å². The molecule has 0 N–H and O–H groups in total. The monoisotopic (exact) mass is 268 g/mol. The predicted molar refractivity (Wildman–Crippen MR) is 62.9 cm³/mol. The number of nitrogens with zero attached hydrogens (tertiary/aromatic N) is 2. The highest BCUT2D eigenvalue weighted by atomic mass is 35.5. The van der Waals surface area contributed by atoms with Gasteiger partial charge in [-0.25, -0.2) is 4.39 Å². The molecule has 3 rings (SSSR count). The average molecular weight is 269 g/mol. The van der Waals surface area contributed by atoms with Crippen molar-refractivity contribution in [2.24, 2.45) is 0 Å². The summed E-state index contributed by atoms with van der Waals surface area (Å²) in [5, 5.41) is 4.30. The van der Waals surface area contributed by atoms with E-state index in [0.717, 1.165) is 6.42 Å². The number of hydrogen-bond acceptors (Lipinski definition) is 4. The van der Waals surface area contributed by atoms with Crippen LogP contribution >= 0.6 is 11.6 Å². The highest BCUT2D eigenvalue weighted by Crippen LogP contribution is 2.28. The van der Waals surface area contributed by atoms with Crippen LogP contribution in [0, 0.1) is 5.82 Å². The number of benzene rings is 1. The first-order valence-corrected chi connectivity index (χ1v) is 5.98. The van der Waals surface area contributed by atoms with Crippen LogP contribution in [-0.4, -0.2) is 23.4 Å². The molecular weight excluding hydrogens is 259 g/mol. The molecule has 0 spiro atoms. The van der Waals surface area contributed by atoms with Crippen molar-refractivity contribution >= 4 is 11.6 Å². The molecule has 0 unspecified atom stereocenters. The van der Waals surface area contributed by atoms with Crippen molar-refractivity contribution in [2.75, 3.05) is 13.2 Å². The van der Waals surface area contributed by atoms with E-state index in [-0.39, 0.29) is 17.4 Å². The normalized spacial score (nSPS) is 19.3. The molecule has 1 aromatic carbocycles. The van der Waals surface area contributed by atoms with E-state index in [1.54, 1.807) is 0 Å². The Labute approximate surface area is 108 Å². The summed E-state index contributed by atoms with van der Waals surface area (Å²) in [7, 11) is 0. The van der Waals surface area contributed by atoms with Crippen molar-refractivity contribution in [2.45, 2.75) is 12.3 Å². The van der Waals surface area contributed by atoms with Gasteiger partial charge in [-0.15, -0.1) is 0 Å². The second-order valence-electron chi connectivity index (χ2n) is 4.14. The topological polar surface area (TPSA) is 48.2 Å². The van der Waals surface area contributed by atoms with Crippen LogP contribution < -0.4 is 0 Å². The van der Waals surface area contributed by atoms with E-state index in [9.17, 15) is 4.39 Å². The Morgan fingerprint density at radius 3 is 3.06 bits per heavy atom. The fraction of sp³-hybridized carbons (Fsp3) is 0.333. The molecule has 0 saturated carbocycles. The van der Waals surface area contributed by atoms with Gasteiger partial charge in [-0.05, 0) is 24.6 Å². The van der Waals surface area contributed by atoms with Gasteiger partial charge in [0.05, 0.1) is 12.2 Å². The van der Waals surface area contributed by atoms with Crippen molar-refractivity contribution in [3.63, 3.8) is 0 Å². The molecule has 2 aromatic rings. The van der Waals surface area contributed by atoms with Crippen LogP contribution in [0.3, 0.4) is 0 Å². The van der Waals surface area contributed by atoms with Crippen LogP contribution in [0.5, 0.6) is 0 Å². The van der Waals surface area contributed by atoms with Gasteiger partial charge in [0.1, 0.15) is 5.82 Å². The summed E-state index contributed by atoms with van der Waals surface area (Å²) < 4.78 is 24.0. The molecule has 0 bridgehead atoms. The van der Waals surface area contributed by atoms with Gasteiger partial charge in [-0.2, -0.15) is 4.98 Å². The molecule has 0 amide bonds. The van der Waals surface area contributed by atoms with Crippen LogP contribution in [0.4, 0.5) is 4.39 Å². The fourth-order valence-corrected chi connectivity index (χ4v) is 2.08. The summed E-state index contributed by atoms with van der Waals surface area (Å²) in [4.78, 5) is 4.21. The molecule has 0 aliphatic carbocycles. The number of halogens is 2. The molecule has 0 radical (unpaired) electrons. The standard InChI is InChI=1S/C12H10ClFN2O2/c13-8-1-2-10(14)9(5-8)12-15-11(16-18-12)7-3-4-17-6-7/h1-2,5,7H,3-4,6H2/t7-/m1/s1. The van der Waals surface area contributed by atoms with Crippen molar-refractivity contribution in [1.29, 1.82) is 0 Å². The van der Waals surface area contributed by atoms with Gasteiger partial charge in [0.2, 0.25) is 0 Å². The maximum atomic E-state index is 13.6. The zero-order chi connectivity index (χ0) is 12.5. The van der Waals surface area contributed by atoms with Crippen molar-refractivity contribution in [3.05, 3.63) is 34.9 Å². The molecule has 1 aliphatic heterocycles. The first-order chi connectivity index (χ1) is 8.74. The van der Waals surface area contributed by atoms with E-state index in [1.165, 1.54) is 18.2 Å². The Morgan fingerprint density at radius 2 is 2.28 bits per heavy atom. The van der Waals surface area contributed by atoms with E-state index < -0.39 is 5.82 Å². The Bertz CT molecular complexity index is 567. The van der Waals surface area contributed by atoms with Gasteiger partial charge in [0.25, 0.3) is 5.89 Å². The lowest BCUT2D eigenvalue weighted by molar-refractivity contribution is 0.192. The number of rotatable bonds is 2. The van der Waals surface area contributed by atoms with Gasteiger partial charge in [0, 0.05) is 17.5 Å². The lowest BCUT2D eigenvalue weighted by Gasteiger charge is -1.99. The summed E-state index contributed by atoms with van der Waals surface area (Å²) in [6, 6.07) is 4.22. The second-order valence-corrected chi connectivity index (χ2v) is 4.58. The van der Waals surface area contributed by atoms with Crippen LogP contribution in [0.1, 0.15) is 18.2 Å². The maximum Gasteiger partial charge on any atom is 0.260 e. The van der Waals surface area contributed by atoms with Crippen LogP contribution in [-0.2, 0) is 4.74 Å². The first-order valence-electron chi connectivity index (χ1n) is 5.61. The van der Waals surface area contributed by atoms with Crippen LogP contribution in [0.2, 0.25) is 5.02 Å². The second kappa shape index (κ2) is 4.66. The van der Waals surface area contributed by atoms with Crippen LogP contribution in [0.15, 0.2) is 22.7 Å². The molecule has 18 heavy (non-hydrogen) atoms. The lowest BCUT2D eigenvalue weighted by atomic mass is 10.1. The minimum absolute atomic E-state index is 0.129. The highest BCUT2D eigenvalue weighted by Gasteiger charge is 2.24. The quantitative estimate of drug-likeness (QED) is 0.840. The SMILES string of the molecule is Fc1ccc(Cl)cc1-c1nc([C@@H]2CCOC2)no1. The summed E-state index contributed by atoms with van der Waals surface area (Å²) in [5.74, 6) is 0.404. The Kier molecular flexibility index (Phi) is 3.01. The Balaban J connectivity index is 1.94. The van der Waals surface area contributed by atoms with E-state index in [1.807, 2.05) is 0 Å². The molecule has 6 heteroatoms. The first kappa shape index (κ1) is 11.6. The maximum absolute atomic E-state index is 13.6. The zero-order valence-electron chi connectivity index (χ0n) is 9.40.